The minimum Gasteiger partial charge on any atom is -0.326 e. The van der Waals surface area contributed by atoms with E-state index in [0.717, 1.165) is 0 Å². The number of nitrogens with two attached hydrogens (primary N) is 1. The van der Waals surface area contributed by atoms with Crippen LogP contribution >= 0.6 is 0 Å². The second kappa shape index (κ2) is 7.56. The van der Waals surface area contributed by atoms with Gasteiger partial charge >= 0.3 is 0 Å². The molecule has 0 amide bonds. The molecule has 0 aliphatic rings. The highest BCUT2D eigenvalue weighted by molar-refractivity contribution is 5.75. The van der Waals surface area contributed by atoms with Crippen LogP contribution in [0, 0.1) is 0 Å². The first-order valence-corrected chi connectivity index (χ1v) is 10.1. The van der Waals surface area contributed by atoms with Crippen molar-refractivity contribution in [2.75, 3.05) is 0 Å². The molecule has 3 rings (SSSR count). The van der Waals surface area contributed by atoms with Crippen LogP contribution in [0.15, 0.2) is 66.7 Å². The predicted molar refractivity (Wildman–Crippen MR) is 123 cm³/mol. The second-order valence-electron chi connectivity index (χ2n) is 9.71. The zero-order valence-electron chi connectivity index (χ0n) is 18.1. The summed E-state index contributed by atoms with van der Waals surface area (Å²) in [6.45, 7) is 14.2. The van der Waals surface area contributed by atoms with E-state index in [2.05, 4.69) is 108 Å². The molecule has 0 aliphatic carbocycles. The van der Waals surface area contributed by atoms with E-state index in [1.54, 1.807) is 0 Å². The third kappa shape index (κ3) is 4.20. The molecule has 0 spiro atoms. The summed E-state index contributed by atoms with van der Waals surface area (Å²) in [6.07, 6.45) is 0. The van der Waals surface area contributed by atoms with Crippen molar-refractivity contribution in [2.45, 2.75) is 58.9 Å². The summed E-state index contributed by atoms with van der Waals surface area (Å²) in [4.78, 5) is 0. The van der Waals surface area contributed by atoms with E-state index in [4.69, 9.17) is 5.73 Å². The molecule has 146 valence electrons. The third-order valence-electron chi connectivity index (χ3n) is 5.36. The topological polar surface area (TPSA) is 26.0 Å². The molecule has 0 atom stereocenters. The molecule has 0 heterocycles. The summed E-state index contributed by atoms with van der Waals surface area (Å²) in [5.74, 6) is 0. The van der Waals surface area contributed by atoms with Gasteiger partial charge in [-0.2, -0.15) is 0 Å². The fourth-order valence-corrected chi connectivity index (χ4v) is 3.88. The van der Waals surface area contributed by atoms with Crippen molar-refractivity contribution in [2.24, 2.45) is 5.73 Å². The first-order valence-electron chi connectivity index (χ1n) is 10.1. The van der Waals surface area contributed by atoms with E-state index >= 15 is 0 Å². The first-order chi connectivity index (χ1) is 13.1. The molecular formula is C27H33N. The van der Waals surface area contributed by atoms with Crippen molar-refractivity contribution >= 4 is 0 Å². The summed E-state index contributed by atoms with van der Waals surface area (Å²) < 4.78 is 0. The molecule has 0 saturated carbocycles. The highest BCUT2D eigenvalue weighted by Crippen LogP contribution is 2.39. The summed E-state index contributed by atoms with van der Waals surface area (Å²) in [6, 6.07) is 24.2. The Labute approximate surface area is 170 Å². The Hall–Kier alpha value is -2.38. The van der Waals surface area contributed by atoms with Crippen molar-refractivity contribution < 1.29 is 0 Å². The molecule has 0 saturated heterocycles. The Kier molecular flexibility index (Phi) is 5.50. The number of hydrogen-bond acceptors (Lipinski definition) is 1. The van der Waals surface area contributed by atoms with Gasteiger partial charge in [-0.3, -0.25) is 0 Å². The molecule has 0 unspecified atom stereocenters. The van der Waals surface area contributed by atoms with Gasteiger partial charge in [0.15, 0.2) is 0 Å². The van der Waals surface area contributed by atoms with Crippen molar-refractivity contribution in [1.29, 1.82) is 0 Å². The summed E-state index contributed by atoms with van der Waals surface area (Å²) >= 11 is 0. The van der Waals surface area contributed by atoms with Crippen molar-refractivity contribution in [3.05, 3.63) is 83.4 Å². The van der Waals surface area contributed by atoms with Gasteiger partial charge in [0.2, 0.25) is 0 Å². The molecule has 3 aromatic carbocycles. The fourth-order valence-electron chi connectivity index (χ4n) is 3.88. The normalized spacial score (nSPS) is 12.2. The number of hydrogen-bond donors (Lipinski definition) is 1. The molecule has 3 aromatic rings. The van der Waals surface area contributed by atoms with Gasteiger partial charge in [-0.05, 0) is 49.8 Å². The van der Waals surface area contributed by atoms with Gasteiger partial charge in [-0.15, -0.1) is 0 Å². The lowest BCUT2D eigenvalue weighted by Gasteiger charge is -2.30. The Morgan fingerprint density at radius 3 is 1.68 bits per heavy atom. The van der Waals surface area contributed by atoms with Gasteiger partial charge in [0, 0.05) is 6.54 Å². The molecule has 0 bridgehead atoms. The van der Waals surface area contributed by atoms with Crippen LogP contribution in [0.5, 0.6) is 0 Å². The molecule has 0 radical (unpaired) electrons. The van der Waals surface area contributed by atoms with Crippen LogP contribution in [0.4, 0.5) is 0 Å². The number of benzene rings is 3. The molecule has 1 nitrogen and oxygen atoms in total. The smallest absolute Gasteiger partial charge is 0.0181 e. The standard InChI is InChI=1S/C27H33N/c1-26(2,3)23-16-22(18-28)25(27(4,5)6)24(17-23)21-14-12-20(13-15-21)19-10-8-7-9-11-19/h7-17H,18,28H2,1-6H3. The highest BCUT2D eigenvalue weighted by atomic mass is 14.5. The maximum Gasteiger partial charge on any atom is 0.0181 e. The largest absolute Gasteiger partial charge is 0.326 e. The minimum absolute atomic E-state index is 0.0263. The Morgan fingerprint density at radius 2 is 1.18 bits per heavy atom. The lowest BCUT2D eigenvalue weighted by molar-refractivity contribution is 0.572. The Bertz CT molecular complexity index is 937. The molecule has 0 aromatic heterocycles. The van der Waals surface area contributed by atoms with E-state index in [9.17, 15) is 0 Å². The van der Waals surface area contributed by atoms with Crippen LogP contribution in [0.2, 0.25) is 0 Å². The highest BCUT2D eigenvalue weighted by Gasteiger charge is 2.25. The summed E-state index contributed by atoms with van der Waals surface area (Å²) in [5.41, 5.74) is 15.3. The van der Waals surface area contributed by atoms with E-state index < -0.39 is 0 Å². The van der Waals surface area contributed by atoms with E-state index in [-0.39, 0.29) is 10.8 Å². The maximum absolute atomic E-state index is 6.21. The van der Waals surface area contributed by atoms with E-state index in [1.165, 1.54) is 38.9 Å². The van der Waals surface area contributed by atoms with Gasteiger partial charge in [-0.25, -0.2) is 0 Å². The van der Waals surface area contributed by atoms with Crippen LogP contribution in [-0.4, -0.2) is 0 Å². The van der Waals surface area contributed by atoms with Gasteiger partial charge in [-0.1, -0.05) is 108 Å². The quantitative estimate of drug-likeness (QED) is 0.523. The number of rotatable bonds is 3. The van der Waals surface area contributed by atoms with Crippen LogP contribution in [0.1, 0.15) is 58.2 Å². The molecule has 0 fully saturated rings. The fraction of sp³-hybridized carbons (Fsp3) is 0.333. The lowest BCUT2D eigenvalue weighted by atomic mass is 9.75. The van der Waals surface area contributed by atoms with Crippen LogP contribution in [0.25, 0.3) is 22.3 Å². The van der Waals surface area contributed by atoms with Gasteiger partial charge in [0.25, 0.3) is 0 Å². The van der Waals surface area contributed by atoms with Crippen molar-refractivity contribution in [1.82, 2.24) is 0 Å². The molecular weight excluding hydrogens is 338 g/mol. The lowest BCUT2D eigenvalue weighted by Crippen LogP contribution is -2.20. The van der Waals surface area contributed by atoms with Crippen LogP contribution < -0.4 is 5.73 Å². The average Bonchev–Trinajstić information content (AvgIpc) is 2.66. The molecule has 28 heavy (non-hydrogen) atoms. The first kappa shape index (κ1) is 20.4. The third-order valence-corrected chi connectivity index (χ3v) is 5.36. The Balaban J connectivity index is 2.19. The minimum atomic E-state index is 0.0263. The SMILES string of the molecule is CC(C)(C)c1cc(CN)c(C(C)(C)C)c(-c2ccc(-c3ccccc3)cc2)c1. The molecule has 1 heteroatoms. The van der Waals surface area contributed by atoms with Crippen molar-refractivity contribution in [3.8, 4) is 22.3 Å². The van der Waals surface area contributed by atoms with E-state index in [0.29, 0.717) is 6.54 Å². The van der Waals surface area contributed by atoms with Crippen molar-refractivity contribution in [3.63, 3.8) is 0 Å². The zero-order valence-corrected chi connectivity index (χ0v) is 18.1. The summed E-state index contributed by atoms with van der Waals surface area (Å²) in [7, 11) is 0. The second-order valence-corrected chi connectivity index (χ2v) is 9.71. The van der Waals surface area contributed by atoms with Crippen LogP contribution in [0.3, 0.4) is 0 Å². The maximum atomic E-state index is 6.21. The predicted octanol–water partition coefficient (Wildman–Crippen LogP) is 7.07. The van der Waals surface area contributed by atoms with Crippen LogP contribution in [-0.2, 0) is 17.4 Å². The van der Waals surface area contributed by atoms with E-state index in [1.807, 2.05) is 0 Å². The van der Waals surface area contributed by atoms with Gasteiger partial charge < -0.3 is 5.73 Å². The average molecular weight is 372 g/mol. The summed E-state index contributed by atoms with van der Waals surface area (Å²) in [5, 5.41) is 0. The molecule has 2 N–H and O–H groups in total. The van der Waals surface area contributed by atoms with Gasteiger partial charge in [0.05, 0.1) is 0 Å². The Morgan fingerprint density at radius 1 is 0.643 bits per heavy atom. The monoisotopic (exact) mass is 371 g/mol. The molecule has 0 aliphatic heterocycles. The zero-order chi connectivity index (χ0) is 20.5. The van der Waals surface area contributed by atoms with Gasteiger partial charge in [0.1, 0.15) is 0 Å².